The Morgan fingerprint density at radius 1 is 1.24 bits per heavy atom. The number of likely N-dealkylation sites (N-methyl/N-ethyl adjacent to an activating group) is 2. The van der Waals surface area contributed by atoms with E-state index in [0.29, 0.717) is 0 Å². The Bertz CT molecular complexity index is 412. The quantitative estimate of drug-likeness (QED) is 0.866. The zero-order valence-corrected chi connectivity index (χ0v) is 14.1. The third kappa shape index (κ3) is 4.29. The van der Waals surface area contributed by atoms with Crippen molar-refractivity contribution in [3.05, 3.63) is 35.9 Å². The Labute approximate surface area is 130 Å². The molecule has 1 aliphatic heterocycles. The molecule has 0 aliphatic carbocycles. The second kappa shape index (κ2) is 7.39. The lowest BCUT2D eigenvalue weighted by molar-refractivity contribution is 0.123. The molecule has 1 atom stereocenters. The van der Waals surface area contributed by atoms with Crippen LogP contribution in [0.1, 0.15) is 25.3 Å². The summed E-state index contributed by atoms with van der Waals surface area (Å²) < 4.78 is 0. The van der Waals surface area contributed by atoms with Gasteiger partial charge < -0.3 is 15.1 Å². The van der Waals surface area contributed by atoms with Crippen LogP contribution in [0, 0.1) is 0 Å². The molecule has 3 nitrogen and oxygen atoms in total. The molecular weight excluding hydrogens is 258 g/mol. The van der Waals surface area contributed by atoms with Crippen molar-refractivity contribution in [1.29, 1.82) is 0 Å². The van der Waals surface area contributed by atoms with Gasteiger partial charge in [0.25, 0.3) is 0 Å². The number of nitrogens with zero attached hydrogens (tertiary/aromatic N) is 2. The molecule has 0 bridgehead atoms. The normalized spacial score (nSPS) is 20.6. The van der Waals surface area contributed by atoms with E-state index in [1.165, 1.54) is 31.5 Å². The van der Waals surface area contributed by atoms with Gasteiger partial charge in [0.1, 0.15) is 0 Å². The van der Waals surface area contributed by atoms with Gasteiger partial charge in [-0.05, 0) is 52.6 Å². The molecule has 1 aliphatic rings. The van der Waals surface area contributed by atoms with Gasteiger partial charge in [0.05, 0.1) is 0 Å². The van der Waals surface area contributed by atoms with Gasteiger partial charge in [0.2, 0.25) is 0 Å². The lowest BCUT2D eigenvalue weighted by Gasteiger charge is -2.40. The molecule has 0 spiro atoms. The van der Waals surface area contributed by atoms with Gasteiger partial charge in [-0.25, -0.2) is 0 Å². The number of hydrogen-bond donors (Lipinski definition) is 1. The molecule has 1 heterocycles. The van der Waals surface area contributed by atoms with Crippen LogP contribution >= 0.6 is 0 Å². The van der Waals surface area contributed by atoms with E-state index >= 15 is 0 Å². The molecule has 1 fully saturated rings. The Morgan fingerprint density at radius 2 is 1.86 bits per heavy atom. The Hall–Kier alpha value is -0.900. The highest BCUT2D eigenvalue weighted by Gasteiger charge is 2.30. The first-order chi connectivity index (χ1) is 10.0. The summed E-state index contributed by atoms with van der Waals surface area (Å²) in [6.07, 6.45) is 2.58. The Morgan fingerprint density at radius 3 is 2.43 bits per heavy atom. The van der Waals surface area contributed by atoms with Crippen LogP contribution in [0.2, 0.25) is 0 Å². The summed E-state index contributed by atoms with van der Waals surface area (Å²) in [6, 6.07) is 11.7. The maximum absolute atomic E-state index is 3.39. The van der Waals surface area contributed by atoms with E-state index in [1.54, 1.807) is 0 Å². The largest absolute Gasteiger partial charge is 0.319 e. The second-order valence-electron chi connectivity index (χ2n) is 6.91. The van der Waals surface area contributed by atoms with Crippen molar-refractivity contribution >= 4 is 0 Å². The fourth-order valence-electron chi connectivity index (χ4n) is 3.60. The predicted octanol–water partition coefficient (Wildman–Crippen LogP) is 2.19. The molecule has 3 heteroatoms. The number of piperidine rings is 1. The third-order valence-electron chi connectivity index (χ3n) is 4.95. The Kier molecular flexibility index (Phi) is 5.80. The maximum Gasteiger partial charge on any atom is 0.0176 e. The molecule has 0 amide bonds. The van der Waals surface area contributed by atoms with Crippen molar-refractivity contribution in [1.82, 2.24) is 15.1 Å². The van der Waals surface area contributed by atoms with Gasteiger partial charge in [-0.3, -0.25) is 0 Å². The highest BCUT2D eigenvalue weighted by molar-refractivity contribution is 5.25. The van der Waals surface area contributed by atoms with Crippen molar-refractivity contribution in [2.75, 3.05) is 47.3 Å². The van der Waals surface area contributed by atoms with E-state index in [4.69, 9.17) is 0 Å². The minimum Gasteiger partial charge on any atom is -0.319 e. The van der Waals surface area contributed by atoms with Crippen LogP contribution in [0.5, 0.6) is 0 Å². The Balaban J connectivity index is 2.05. The highest BCUT2D eigenvalue weighted by atomic mass is 15.2. The molecule has 0 saturated carbocycles. The summed E-state index contributed by atoms with van der Waals surface area (Å²) in [4.78, 5) is 5.02. The van der Waals surface area contributed by atoms with Gasteiger partial charge in [-0.1, -0.05) is 37.3 Å². The molecule has 0 aromatic heterocycles. The summed E-state index contributed by atoms with van der Waals surface area (Å²) in [5.41, 5.74) is 1.59. The maximum atomic E-state index is 3.39. The summed E-state index contributed by atoms with van der Waals surface area (Å²) in [7, 11) is 6.58. The highest BCUT2D eigenvalue weighted by Crippen LogP contribution is 2.26. The fourth-order valence-corrected chi connectivity index (χ4v) is 3.60. The lowest BCUT2D eigenvalue weighted by atomic mass is 9.81. The molecule has 1 aromatic rings. The third-order valence-corrected chi connectivity index (χ3v) is 4.95. The van der Waals surface area contributed by atoms with Gasteiger partial charge in [-0.2, -0.15) is 0 Å². The van der Waals surface area contributed by atoms with E-state index in [2.05, 4.69) is 73.5 Å². The summed E-state index contributed by atoms with van der Waals surface area (Å²) in [5.74, 6) is 0. The molecule has 1 unspecified atom stereocenters. The number of nitrogens with one attached hydrogen (secondary N) is 1. The SMILES string of the molecule is CNCC(C)(CN(C)C1CCN(C)CC1)c1ccccc1. The first-order valence-electron chi connectivity index (χ1n) is 8.14. The molecule has 1 saturated heterocycles. The minimum absolute atomic E-state index is 0.161. The van der Waals surface area contributed by atoms with Gasteiger partial charge in [0, 0.05) is 24.5 Å². The van der Waals surface area contributed by atoms with Crippen LogP contribution in [0.3, 0.4) is 0 Å². The van der Waals surface area contributed by atoms with E-state index < -0.39 is 0 Å². The molecular formula is C18H31N3. The summed E-state index contributed by atoms with van der Waals surface area (Å²) in [6.45, 7) is 6.94. The minimum atomic E-state index is 0.161. The second-order valence-corrected chi connectivity index (χ2v) is 6.91. The van der Waals surface area contributed by atoms with Gasteiger partial charge in [0.15, 0.2) is 0 Å². The zero-order chi connectivity index (χ0) is 15.3. The van der Waals surface area contributed by atoms with E-state index in [1.807, 2.05) is 0 Å². The molecule has 21 heavy (non-hydrogen) atoms. The van der Waals surface area contributed by atoms with E-state index in [0.717, 1.165) is 19.1 Å². The molecule has 0 radical (unpaired) electrons. The summed E-state index contributed by atoms with van der Waals surface area (Å²) in [5, 5.41) is 3.39. The van der Waals surface area contributed by atoms with E-state index in [9.17, 15) is 0 Å². The first kappa shape index (κ1) is 16.5. The predicted molar refractivity (Wildman–Crippen MR) is 90.9 cm³/mol. The molecule has 2 rings (SSSR count). The van der Waals surface area contributed by atoms with Crippen molar-refractivity contribution in [2.24, 2.45) is 0 Å². The molecule has 118 valence electrons. The number of rotatable bonds is 6. The zero-order valence-electron chi connectivity index (χ0n) is 14.1. The van der Waals surface area contributed by atoms with Crippen LogP contribution in [-0.2, 0) is 5.41 Å². The van der Waals surface area contributed by atoms with Crippen LogP contribution < -0.4 is 5.32 Å². The number of likely N-dealkylation sites (tertiary alicyclic amines) is 1. The average Bonchev–Trinajstić information content (AvgIpc) is 2.49. The topological polar surface area (TPSA) is 18.5 Å². The van der Waals surface area contributed by atoms with E-state index in [-0.39, 0.29) is 5.41 Å². The summed E-state index contributed by atoms with van der Waals surface area (Å²) >= 11 is 0. The standard InChI is InChI=1S/C18H31N3/c1-18(14-19-2,16-8-6-5-7-9-16)15-21(4)17-10-12-20(3)13-11-17/h5-9,17,19H,10-15H2,1-4H3. The monoisotopic (exact) mass is 289 g/mol. The number of benzene rings is 1. The van der Waals surface area contributed by atoms with Crippen molar-refractivity contribution < 1.29 is 0 Å². The van der Waals surface area contributed by atoms with Gasteiger partial charge in [-0.15, -0.1) is 0 Å². The smallest absolute Gasteiger partial charge is 0.0176 e. The first-order valence-corrected chi connectivity index (χ1v) is 8.14. The number of hydrogen-bond acceptors (Lipinski definition) is 3. The molecule has 1 aromatic carbocycles. The van der Waals surface area contributed by atoms with Crippen LogP contribution in [0.4, 0.5) is 0 Å². The van der Waals surface area contributed by atoms with Crippen LogP contribution in [0.15, 0.2) is 30.3 Å². The fraction of sp³-hybridized carbons (Fsp3) is 0.667. The van der Waals surface area contributed by atoms with Crippen LogP contribution in [0.25, 0.3) is 0 Å². The van der Waals surface area contributed by atoms with Crippen molar-refractivity contribution in [2.45, 2.75) is 31.2 Å². The van der Waals surface area contributed by atoms with Crippen LogP contribution in [-0.4, -0.2) is 63.2 Å². The van der Waals surface area contributed by atoms with Crippen molar-refractivity contribution in [3.8, 4) is 0 Å². The van der Waals surface area contributed by atoms with Crippen molar-refractivity contribution in [3.63, 3.8) is 0 Å². The molecule has 1 N–H and O–H groups in total. The lowest BCUT2D eigenvalue weighted by Crippen LogP contribution is -2.49. The van der Waals surface area contributed by atoms with Gasteiger partial charge >= 0.3 is 0 Å². The average molecular weight is 289 g/mol.